The van der Waals surface area contributed by atoms with Gasteiger partial charge in [-0.3, -0.25) is 4.79 Å². The van der Waals surface area contributed by atoms with E-state index in [4.69, 9.17) is 9.84 Å². The van der Waals surface area contributed by atoms with Crippen LogP contribution in [0.4, 0.5) is 0 Å². The number of ether oxygens (including phenoxy) is 1. The molecule has 3 heteroatoms. The van der Waals surface area contributed by atoms with Crippen molar-refractivity contribution in [3.05, 3.63) is 29.3 Å². The predicted octanol–water partition coefficient (Wildman–Crippen LogP) is 4.50. The third-order valence-electron chi connectivity index (χ3n) is 4.65. The van der Waals surface area contributed by atoms with Crippen LogP contribution in [0.2, 0.25) is 0 Å². The highest BCUT2D eigenvalue weighted by atomic mass is 16.5. The van der Waals surface area contributed by atoms with Crippen molar-refractivity contribution >= 4 is 5.97 Å². The Morgan fingerprint density at radius 3 is 2.52 bits per heavy atom. The van der Waals surface area contributed by atoms with E-state index in [9.17, 15) is 4.79 Å². The van der Waals surface area contributed by atoms with Crippen molar-refractivity contribution < 1.29 is 14.6 Å². The first kappa shape index (κ1) is 15.9. The zero-order chi connectivity index (χ0) is 15.5. The van der Waals surface area contributed by atoms with E-state index in [0.29, 0.717) is 5.92 Å². The Morgan fingerprint density at radius 2 is 1.95 bits per heavy atom. The smallest absolute Gasteiger partial charge is 0.304 e. The maximum absolute atomic E-state index is 11.1. The van der Waals surface area contributed by atoms with Crippen molar-refractivity contribution in [2.45, 2.75) is 63.7 Å². The molecule has 1 aromatic carbocycles. The van der Waals surface area contributed by atoms with E-state index in [1.807, 2.05) is 26.0 Å². The molecule has 0 saturated heterocycles. The van der Waals surface area contributed by atoms with Crippen LogP contribution < -0.4 is 4.74 Å². The van der Waals surface area contributed by atoms with E-state index < -0.39 is 5.97 Å². The largest absolute Gasteiger partial charge is 0.496 e. The van der Waals surface area contributed by atoms with Gasteiger partial charge in [0.05, 0.1) is 13.5 Å². The van der Waals surface area contributed by atoms with Crippen LogP contribution in [0, 0.1) is 0 Å². The fourth-order valence-electron chi connectivity index (χ4n) is 3.37. The van der Waals surface area contributed by atoms with Crippen molar-refractivity contribution in [1.82, 2.24) is 0 Å². The summed E-state index contributed by atoms with van der Waals surface area (Å²) in [7, 11) is 1.71. The first-order valence-corrected chi connectivity index (χ1v) is 7.84. The summed E-state index contributed by atoms with van der Waals surface area (Å²) in [6.45, 7) is 3.99. The molecule has 116 valence electrons. The SMILES string of the molecule is COc1ccc(C(C)(C)CC(=O)O)cc1C1CCCCC1. The molecule has 0 bridgehead atoms. The lowest BCUT2D eigenvalue weighted by molar-refractivity contribution is -0.138. The zero-order valence-corrected chi connectivity index (χ0v) is 13.3. The molecule has 1 aliphatic rings. The van der Waals surface area contributed by atoms with E-state index in [-0.39, 0.29) is 11.8 Å². The molecule has 0 amide bonds. The van der Waals surface area contributed by atoms with Gasteiger partial charge in [-0.1, -0.05) is 45.2 Å². The molecule has 0 unspecified atom stereocenters. The average molecular weight is 290 g/mol. The lowest BCUT2D eigenvalue weighted by Crippen LogP contribution is -2.22. The lowest BCUT2D eigenvalue weighted by atomic mass is 9.77. The summed E-state index contributed by atoms with van der Waals surface area (Å²) in [5, 5.41) is 9.10. The van der Waals surface area contributed by atoms with Gasteiger partial charge in [0.25, 0.3) is 0 Å². The maximum atomic E-state index is 11.1. The molecule has 0 radical (unpaired) electrons. The van der Waals surface area contributed by atoms with E-state index in [1.165, 1.54) is 37.7 Å². The Morgan fingerprint density at radius 1 is 1.29 bits per heavy atom. The predicted molar refractivity (Wildman–Crippen MR) is 84.1 cm³/mol. The second-order valence-corrected chi connectivity index (χ2v) is 6.75. The third-order valence-corrected chi connectivity index (χ3v) is 4.65. The van der Waals surface area contributed by atoms with Crippen molar-refractivity contribution in [3.8, 4) is 5.75 Å². The molecule has 1 fully saturated rings. The standard InChI is InChI=1S/C18H26O3/c1-18(2,12-17(19)20)14-9-10-16(21-3)15(11-14)13-7-5-4-6-8-13/h9-11,13H,4-8,12H2,1-3H3,(H,19,20). The number of carbonyl (C=O) groups is 1. The van der Waals surface area contributed by atoms with E-state index >= 15 is 0 Å². The Kier molecular flexibility index (Phi) is 4.92. The van der Waals surface area contributed by atoms with Gasteiger partial charge in [0, 0.05) is 5.41 Å². The normalized spacial score (nSPS) is 16.7. The highest BCUT2D eigenvalue weighted by Crippen LogP contribution is 2.40. The van der Waals surface area contributed by atoms with Gasteiger partial charge in [-0.25, -0.2) is 0 Å². The van der Waals surface area contributed by atoms with Crippen LogP contribution in [0.25, 0.3) is 0 Å². The summed E-state index contributed by atoms with van der Waals surface area (Å²) >= 11 is 0. The molecular formula is C18H26O3. The average Bonchev–Trinajstić information content (AvgIpc) is 2.46. The van der Waals surface area contributed by atoms with E-state index in [2.05, 4.69) is 6.07 Å². The topological polar surface area (TPSA) is 46.5 Å². The van der Waals surface area contributed by atoms with Crippen molar-refractivity contribution in [3.63, 3.8) is 0 Å². The van der Waals surface area contributed by atoms with Crippen LogP contribution in [-0.4, -0.2) is 18.2 Å². The fraction of sp³-hybridized carbons (Fsp3) is 0.611. The van der Waals surface area contributed by atoms with Crippen molar-refractivity contribution in [1.29, 1.82) is 0 Å². The molecule has 3 nitrogen and oxygen atoms in total. The first-order chi connectivity index (χ1) is 9.94. The molecule has 21 heavy (non-hydrogen) atoms. The minimum Gasteiger partial charge on any atom is -0.496 e. The third kappa shape index (κ3) is 3.78. The Balaban J connectivity index is 2.34. The second kappa shape index (κ2) is 6.50. The fourth-order valence-corrected chi connectivity index (χ4v) is 3.37. The number of carboxylic acid groups (broad SMARTS) is 1. The number of hydrogen-bond acceptors (Lipinski definition) is 2. The highest BCUT2D eigenvalue weighted by molar-refractivity contribution is 5.69. The number of aliphatic carboxylic acids is 1. The summed E-state index contributed by atoms with van der Waals surface area (Å²) in [5.41, 5.74) is 1.99. The lowest BCUT2D eigenvalue weighted by Gasteiger charge is -2.28. The van der Waals surface area contributed by atoms with Crippen LogP contribution in [0.5, 0.6) is 5.75 Å². The Labute approximate surface area is 127 Å². The molecule has 1 saturated carbocycles. The van der Waals surface area contributed by atoms with Crippen LogP contribution in [0.3, 0.4) is 0 Å². The minimum absolute atomic E-state index is 0.142. The van der Waals surface area contributed by atoms with Crippen LogP contribution in [0.1, 0.15) is 69.4 Å². The molecule has 0 aromatic heterocycles. The molecule has 2 rings (SSSR count). The highest BCUT2D eigenvalue weighted by Gasteiger charge is 2.27. The molecule has 0 atom stereocenters. The molecular weight excluding hydrogens is 264 g/mol. The molecule has 1 aromatic rings. The second-order valence-electron chi connectivity index (χ2n) is 6.75. The van der Waals surface area contributed by atoms with E-state index in [1.54, 1.807) is 7.11 Å². The van der Waals surface area contributed by atoms with Crippen LogP contribution in [-0.2, 0) is 10.2 Å². The summed E-state index contributed by atoms with van der Waals surface area (Å²) < 4.78 is 5.53. The molecule has 0 heterocycles. The van der Waals surface area contributed by atoms with Gasteiger partial charge in [-0.2, -0.15) is 0 Å². The quantitative estimate of drug-likeness (QED) is 0.868. The molecule has 0 aliphatic heterocycles. The van der Waals surface area contributed by atoms with Gasteiger partial charge in [0.2, 0.25) is 0 Å². The number of carboxylic acids is 1. The molecule has 0 spiro atoms. The number of hydrogen-bond donors (Lipinski definition) is 1. The first-order valence-electron chi connectivity index (χ1n) is 7.84. The van der Waals surface area contributed by atoms with Crippen molar-refractivity contribution in [2.75, 3.05) is 7.11 Å². The van der Waals surface area contributed by atoms with Crippen LogP contribution >= 0.6 is 0 Å². The summed E-state index contributed by atoms with van der Waals surface area (Å²) in [4.78, 5) is 11.1. The minimum atomic E-state index is -0.755. The van der Waals surface area contributed by atoms with Gasteiger partial charge < -0.3 is 9.84 Å². The van der Waals surface area contributed by atoms with Crippen LogP contribution in [0.15, 0.2) is 18.2 Å². The van der Waals surface area contributed by atoms with Gasteiger partial charge >= 0.3 is 5.97 Å². The van der Waals surface area contributed by atoms with Gasteiger partial charge in [-0.15, -0.1) is 0 Å². The van der Waals surface area contributed by atoms with Crippen molar-refractivity contribution in [2.24, 2.45) is 0 Å². The monoisotopic (exact) mass is 290 g/mol. The Bertz CT molecular complexity index is 499. The zero-order valence-electron chi connectivity index (χ0n) is 13.3. The summed E-state index contributed by atoms with van der Waals surface area (Å²) in [5.74, 6) is 0.737. The molecule has 1 aliphatic carbocycles. The maximum Gasteiger partial charge on any atom is 0.304 e. The Hall–Kier alpha value is -1.51. The summed E-state index contributed by atoms with van der Waals surface area (Å²) in [6.07, 6.45) is 6.43. The van der Waals surface area contributed by atoms with Gasteiger partial charge in [0.1, 0.15) is 5.75 Å². The number of rotatable bonds is 5. The molecule has 1 N–H and O–H groups in total. The van der Waals surface area contributed by atoms with E-state index in [0.717, 1.165) is 11.3 Å². The van der Waals surface area contributed by atoms with Gasteiger partial charge in [0.15, 0.2) is 0 Å². The number of methoxy groups -OCH3 is 1. The number of benzene rings is 1. The summed E-state index contributed by atoms with van der Waals surface area (Å²) in [6, 6.07) is 6.19. The van der Waals surface area contributed by atoms with Gasteiger partial charge in [-0.05, 0) is 36.0 Å².